The van der Waals surface area contributed by atoms with Crippen LogP contribution in [0.2, 0.25) is 5.02 Å². The molecule has 112 valence electrons. The molecule has 1 heterocycles. The minimum absolute atomic E-state index is 0.224. The molecule has 0 aliphatic heterocycles. The van der Waals surface area contributed by atoms with Crippen molar-refractivity contribution in [2.24, 2.45) is 0 Å². The van der Waals surface area contributed by atoms with Gasteiger partial charge in [-0.15, -0.1) is 0 Å². The number of aryl methyl sites for hydroxylation is 1. The van der Waals surface area contributed by atoms with Crippen molar-refractivity contribution >= 4 is 27.5 Å². The smallest absolute Gasteiger partial charge is 0.0422 e. The summed E-state index contributed by atoms with van der Waals surface area (Å²) in [4.78, 5) is 4.56. The Hall–Kier alpha value is -0.900. The molecule has 4 heteroatoms. The number of hydrogen-bond acceptors (Lipinski definition) is 2. The number of benzene rings is 1. The lowest BCUT2D eigenvalue weighted by molar-refractivity contribution is 0.542. The number of nitrogens with one attached hydrogen (secondary N) is 1. The number of nitrogens with zero attached hydrogens (tertiary/aromatic N) is 1. The SMILES string of the molecule is CCNC(Cc1ccc(CC)cn1)c1ccc(Cl)cc1Br. The summed E-state index contributed by atoms with van der Waals surface area (Å²) < 4.78 is 1.03. The van der Waals surface area contributed by atoms with Gasteiger partial charge in [-0.05, 0) is 42.3 Å². The molecule has 0 aliphatic carbocycles. The van der Waals surface area contributed by atoms with Crippen LogP contribution in [0.4, 0.5) is 0 Å². The van der Waals surface area contributed by atoms with Crippen LogP contribution in [0.25, 0.3) is 0 Å². The second-order valence-corrected chi connectivity index (χ2v) is 6.28. The summed E-state index contributed by atoms with van der Waals surface area (Å²) in [5.74, 6) is 0. The molecule has 2 aromatic rings. The van der Waals surface area contributed by atoms with Crippen molar-refractivity contribution < 1.29 is 0 Å². The summed E-state index contributed by atoms with van der Waals surface area (Å²) in [6.45, 7) is 5.17. The quantitative estimate of drug-likeness (QED) is 0.781. The van der Waals surface area contributed by atoms with Gasteiger partial charge in [0, 0.05) is 33.8 Å². The highest BCUT2D eigenvalue weighted by atomic mass is 79.9. The molecule has 0 bridgehead atoms. The molecular formula is C17H20BrClN2. The predicted molar refractivity (Wildman–Crippen MR) is 92.9 cm³/mol. The van der Waals surface area contributed by atoms with E-state index in [2.05, 4.69) is 58.3 Å². The third kappa shape index (κ3) is 4.53. The number of halogens is 2. The zero-order valence-corrected chi connectivity index (χ0v) is 14.7. The highest BCUT2D eigenvalue weighted by molar-refractivity contribution is 9.10. The van der Waals surface area contributed by atoms with Gasteiger partial charge in [0.25, 0.3) is 0 Å². The molecule has 1 aromatic carbocycles. The van der Waals surface area contributed by atoms with E-state index < -0.39 is 0 Å². The van der Waals surface area contributed by atoms with Gasteiger partial charge in [-0.1, -0.05) is 53.5 Å². The van der Waals surface area contributed by atoms with Crippen LogP contribution >= 0.6 is 27.5 Å². The molecule has 1 aromatic heterocycles. The van der Waals surface area contributed by atoms with Crippen molar-refractivity contribution in [3.63, 3.8) is 0 Å². The minimum Gasteiger partial charge on any atom is -0.310 e. The van der Waals surface area contributed by atoms with Crippen molar-refractivity contribution in [3.8, 4) is 0 Å². The molecule has 2 nitrogen and oxygen atoms in total. The molecule has 1 N–H and O–H groups in total. The predicted octanol–water partition coefficient (Wildman–Crippen LogP) is 4.95. The Bertz CT molecular complexity index is 584. The Balaban J connectivity index is 2.21. The first kappa shape index (κ1) is 16.5. The molecular weight excluding hydrogens is 348 g/mol. The Morgan fingerprint density at radius 3 is 2.62 bits per heavy atom. The van der Waals surface area contributed by atoms with Crippen LogP contribution in [0.3, 0.4) is 0 Å². The summed E-state index contributed by atoms with van der Waals surface area (Å²) in [6.07, 6.45) is 3.85. The first-order valence-corrected chi connectivity index (χ1v) is 8.43. The van der Waals surface area contributed by atoms with Crippen molar-refractivity contribution in [1.29, 1.82) is 0 Å². The largest absolute Gasteiger partial charge is 0.310 e. The molecule has 1 unspecified atom stereocenters. The standard InChI is InChI=1S/C17H20BrClN2/c1-3-12-5-7-14(21-11-12)10-17(20-4-2)15-8-6-13(19)9-16(15)18/h5-9,11,17,20H,3-4,10H2,1-2H3. The Morgan fingerprint density at radius 1 is 1.24 bits per heavy atom. The summed E-state index contributed by atoms with van der Waals surface area (Å²) in [5.41, 5.74) is 3.58. The van der Waals surface area contributed by atoms with Gasteiger partial charge in [-0.3, -0.25) is 4.98 Å². The van der Waals surface area contributed by atoms with Crippen LogP contribution in [-0.4, -0.2) is 11.5 Å². The molecule has 0 fully saturated rings. The molecule has 0 aliphatic rings. The Morgan fingerprint density at radius 2 is 2.05 bits per heavy atom. The summed E-state index contributed by atoms with van der Waals surface area (Å²) in [5, 5.41) is 4.27. The second-order valence-electron chi connectivity index (χ2n) is 4.99. The van der Waals surface area contributed by atoms with E-state index in [0.29, 0.717) is 0 Å². The lowest BCUT2D eigenvalue weighted by Crippen LogP contribution is -2.23. The van der Waals surface area contributed by atoms with Crippen LogP contribution in [0, 0.1) is 0 Å². The van der Waals surface area contributed by atoms with E-state index in [-0.39, 0.29) is 6.04 Å². The van der Waals surface area contributed by atoms with Gasteiger partial charge in [0.2, 0.25) is 0 Å². The number of hydrogen-bond donors (Lipinski definition) is 1. The zero-order chi connectivity index (χ0) is 15.2. The van der Waals surface area contributed by atoms with Gasteiger partial charge in [0.1, 0.15) is 0 Å². The number of aromatic nitrogens is 1. The van der Waals surface area contributed by atoms with Gasteiger partial charge in [-0.2, -0.15) is 0 Å². The molecule has 0 radical (unpaired) electrons. The van der Waals surface area contributed by atoms with Gasteiger partial charge in [0.05, 0.1) is 0 Å². The molecule has 2 rings (SSSR count). The van der Waals surface area contributed by atoms with E-state index in [0.717, 1.165) is 34.6 Å². The molecule has 0 saturated heterocycles. The van der Waals surface area contributed by atoms with E-state index in [1.807, 2.05) is 18.3 Å². The highest BCUT2D eigenvalue weighted by Gasteiger charge is 2.15. The second kappa shape index (κ2) is 7.92. The van der Waals surface area contributed by atoms with Crippen molar-refractivity contribution in [2.45, 2.75) is 32.7 Å². The van der Waals surface area contributed by atoms with Crippen molar-refractivity contribution in [3.05, 3.63) is 62.8 Å². The maximum absolute atomic E-state index is 6.03. The lowest BCUT2D eigenvalue weighted by atomic mass is 10.0. The topological polar surface area (TPSA) is 24.9 Å². The van der Waals surface area contributed by atoms with E-state index in [1.54, 1.807) is 0 Å². The summed E-state index contributed by atoms with van der Waals surface area (Å²) in [7, 11) is 0. The van der Waals surface area contributed by atoms with E-state index in [9.17, 15) is 0 Å². The molecule has 1 atom stereocenters. The van der Waals surface area contributed by atoms with Crippen LogP contribution < -0.4 is 5.32 Å². The average molecular weight is 368 g/mol. The average Bonchev–Trinajstić information content (AvgIpc) is 2.48. The first-order chi connectivity index (χ1) is 10.1. The van der Waals surface area contributed by atoms with Crippen molar-refractivity contribution in [2.75, 3.05) is 6.54 Å². The zero-order valence-electron chi connectivity index (χ0n) is 12.4. The first-order valence-electron chi connectivity index (χ1n) is 7.26. The maximum atomic E-state index is 6.03. The van der Waals surface area contributed by atoms with Crippen LogP contribution in [0.1, 0.15) is 36.7 Å². The highest BCUT2D eigenvalue weighted by Crippen LogP contribution is 2.28. The third-order valence-corrected chi connectivity index (χ3v) is 4.42. The van der Waals surface area contributed by atoms with E-state index in [4.69, 9.17) is 11.6 Å². The number of pyridine rings is 1. The Labute approximate surface area is 140 Å². The van der Waals surface area contributed by atoms with Crippen molar-refractivity contribution in [1.82, 2.24) is 10.3 Å². The van der Waals surface area contributed by atoms with Crippen LogP contribution in [0.15, 0.2) is 41.0 Å². The fourth-order valence-electron chi connectivity index (χ4n) is 2.32. The molecule has 21 heavy (non-hydrogen) atoms. The minimum atomic E-state index is 0.224. The fraction of sp³-hybridized carbons (Fsp3) is 0.353. The molecule has 0 spiro atoms. The van der Waals surface area contributed by atoms with Gasteiger partial charge >= 0.3 is 0 Å². The monoisotopic (exact) mass is 366 g/mol. The molecule has 0 amide bonds. The lowest BCUT2D eigenvalue weighted by Gasteiger charge is -2.20. The van der Waals surface area contributed by atoms with Gasteiger partial charge < -0.3 is 5.32 Å². The third-order valence-electron chi connectivity index (χ3n) is 3.50. The maximum Gasteiger partial charge on any atom is 0.0422 e. The van der Waals surface area contributed by atoms with Crippen LogP contribution in [-0.2, 0) is 12.8 Å². The van der Waals surface area contributed by atoms with Gasteiger partial charge in [0.15, 0.2) is 0 Å². The molecule has 0 saturated carbocycles. The fourth-order valence-corrected chi connectivity index (χ4v) is 3.28. The van der Waals surface area contributed by atoms with Gasteiger partial charge in [-0.25, -0.2) is 0 Å². The Kier molecular flexibility index (Phi) is 6.22. The summed E-state index contributed by atoms with van der Waals surface area (Å²) in [6, 6.07) is 10.4. The van der Waals surface area contributed by atoms with E-state index in [1.165, 1.54) is 11.1 Å². The normalized spacial score (nSPS) is 12.4. The number of rotatable bonds is 6. The van der Waals surface area contributed by atoms with E-state index >= 15 is 0 Å². The number of likely N-dealkylation sites (N-methyl/N-ethyl adjacent to an activating group) is 1. The summed E-state index contributed by atoms with van der Waals surface area (Å²) >= 11 is 9.64. The van der Waals surface area contributed by atoms with Crippen LogP contribution in [0.5, 0.6) is 0 Å².